The number of alkyl halides is 8. The molecule has 0 aromatic heterocycles. The van der Waals surface area contributed by atoms with Crippen molar-refractivity contribution in [1.29, 1.82) is 0 Å². The second-order valence-corrected chi connectivity index (χ2v) is 9.46. The van der Waals surface area contributed by atoms with Crippen LogP contribution in [0.15, 0.2) is 0 Å². The Morgan fingerprint density at radius 1 is 0.714 bits per heavy atom. The number of rotatable bonds is 16. The van der Waals surface area contributed by atoms with Gasteiger partial charge in [0.2, 0.25) is 6.10 Å². The van der Waals surface area contributed by atoms with Gasteiger partial charge >= 0.3 is 24.3 Å². The second kappa shape index (κ2) is 14.1. The van der Waals surface area contributed by atoms with Gasteiger partial charge in [0.1, 0.15) is 5.75 Å². The summed E-state index contributed by atoms with van der Waals surface area (Å²) < 4.78 is 139. The van der Waals surface area contributed by atoms with Gasteiger partial charge in [-0.15, -0.1) is 0 Å². The minimum atomic E-state index is -5.40. The van der Waals surface area contributed by atoms with E-state index >= 15 is 0 Å². The van der Waals surface area contributed by atoms with Crippen LogP contribution in [0.25, 0.3) is 0 Å². The van der Waals surface area contributed by atoms with Crippen molar-refractivity contribution in [2.45, 2.75) is 102 Å². The van der Waals surface area contributed by atoms with Crippen LogP contribution in [0.3, 0.4) is 0 Å². The molecular formula is C19H28F8O7S. The van der Waals surface area contributed by atoms with Crippen LogP contribution in [0.5, 0.6) is 0 Å². The average molecular weight is 552 g/mol. The number of hydrogen-bond acceptors (Lipinski definition) is 6. The fourth-order valence-corrected chi connectivity index (χ4v) is 3.49. The van der Waals surface area contributed by atoms with Crippen molar-refractivity contribution in [3.05, 3.63) is 0 Å². The third-order valence-corrected chi connectivity index (χ3v) is 5.24. The van der Waals surface area contributed by atoms with Crippen molar-refractivity contribution in [2.24, 2.45) is 0 Å². The van der Waals surface area contributed by atoms with Gasteiger partial charge in [-0.25, -0.2) is 8.78 Å². The SMILES string of the molecule is CC(F)(F)C(OC(=O)CCCCCCCCCCC(=O)OC(CS(=O)(=O)O)C(F)(F)F)C(F)(F)F. The quantitative estimate of drug-likeness (QED) is 0.119. The first-order valence-corrected chi connectivity index (χ1v) is 12.2. The van der Waals surface area contributed by atoms with E-state index in [1.54, 1.807) is 0 Å². The van der Waals surface area contributed by atoms with E-state index in [2.05, 4.69) is 9.47 Å². The van der Waals surface area contributed by atoms with Gasteiger partial charge in [-0.2, -0.15) is 34.8 Å². The van der Waals surface area contributed by atoms with Crippen LogP contribution < -0.4 is 0 Å². The lowest BCUT2D eigenvalue weighted by Crippen LogP contribution is -2.46. The van der Waals surface area contributed by atoms with E-state index in [-0.39, 0.29) is 19.8 Å². The first-order chi connectivity index (χ1) is 15.7. The molecule has 0 rings (SSSR count). The van der Waals surface area contributed by atoms with Gasteiger partial charge in [0.15, 0.2) is 0 Å². The molecule has 16 heteroatoms. The van der Waals surface area contributed by atoms with E-state index < -0.39 is 71.1 Å². The maximum absolute atomic E-state index is 13.0. The zero-order valence-corrected chi connectivity index (χ0v) is 19.6. The van der Waals surface area contributed by atoms with Crippen LogP contribution in [0.2, 0.25) is 0 Å². The van der Waals surface area contributed by atoms with Crippen molar-refractivity contribution >= 4 is 22.1 Å². The lowest BCUT2D eigenvalue weighted by Gasteiger charge is -2.25. The number of hydrogen-bond donors (Lipinski definition) is 1. The number of halogens is 8. The van der Waals surface area contributed by atoms with Crippen molar-refractivity contribution in [3.8, 4) is 0 Å². The molecule has 2 atom stereocenters. The summed E-state index contributed by atoms with van der Waals surface area (Å²) >= 11 is 0. The molecule has 0 heterocycles. The Hall–Kier alpha value is -1.71. The Morgan fingerprint density at radius 3 is 1.40 bits per heavy atom. The Balaban J connectivity index is 3.99. The number of unbranched alkanes of at least 4 members (excludes halogenated alkanes) is 7. The number of carbonyl (C=O) groups excluding carboxylic acids is 2. The Labute approximate surface area is 197 Å². The zero-order valence-electron chi connectivity index (χ0n) is 18.8. The normalized spacial score (nSPS) is 14.9. The van der Waals surface area contributed by atoms with Gasteiger partial charge in [0.25, 0.3) is 22.1 Å². The van der Waals surface area contributed by atoms with Crippen LogP contribution in [0.1, 0.15) is 71.1 Å². The molecule has 0 aliphatic rings. The molecule has 0 spiro atoms. The average Bonchev–Trinajstić information content (AvgIpc) is 2.63. The molecule has 0 amide bonds. The topological polar surface area (TPSA) is 107 Å². The van der Waals surface area contributed by atoms with Gasteiger partial charge in [-0.05, 0) is 12.8 Å². The molecule has 0 aromatic carbocycles. The van der Waals surface area contributed by atoms with E-state index in [9.17, 15) is 53.1 Å². The zero-order chi connectivity index (χ0) is 27.5. The molecule has 1 N–H and O–H groups in total. The highest BCUT2D eigenvalue weighted by Crippen LogP contribution is 2.34. The van der Waals surface area contributed by atoms with Crippen LogP contribution in [0.4, 0.5) is 35.1 Å². The Kier molecular flexibility index (Phi) is 13.4. The molecule has 2 unspecified atom stereocenters. The second-order valence-electron chi connectivity index (χ2n) is 7.96. The monoisotopic (exact) mass is 552 g/mol. The van der Waals surface area contributed by atoms with E-state index in [4.69, 9.17) is 4.55 Å². The Morgan fingerprint density at radius 2 is 1.09 bits per heavy atom. The molecule has 35 heavy (non-hydrogen) atoms. The van der Waals surface area contributed by atoms with Gasteiger partial charge in [-0.3, -0.25) is 14.1 Å². The fourth-order valence-electron chi connectivity index (χ4n) is 2.85. The van der Waals surface area contributed by atoms with Crippen LogP contribution in [-0.2, 0) is 29.2 Å². The molecule has 0 radical (unpaired) electrons. The molecule has 208 valence electrons. The maximum atomic E-state index is 13.0. The summed E-state index contributed by atoms with van der Waals surface area (Å²) in [5.74, 6) is -8.72. The highest BCUT2D eigenvalue weighted by atomic mass is 32.2. The molecule has 0 fully saturated rings. The predicted octanol–water partition coefficient (Wildman–Crippen LogP) is 5.38. The van der Waals surface area contributed by atoms with Gasteiger partial charge in [0.05, 0.1) is 0 Å². The fraction of sp³-hybridized carbons (Fsp3) is 0.895. The predicted molar refractivity (Wildman–Crippen MR) is 105 cm³/mol. The van der Waals surface area contributed by atoms with Gasteiger partial charge in [-0.1, -0.05) is 38.5 Å². The summed E-state index contributed by atoms with van der Waals surface area (Å²) in [4.78, 5) is 22.9. The van der Waals surface area contributed by atoms with Crippen molar-refractivity contribution in [1.82, 2.24) is 0 Å². The first kappa shape index (κ1) is 33.3. The number of esters is 2. The molecular weight excluding hydrogens is 524 g/mol. The van der Waals surface area contributed by atoms with Crippen molar-refractivity contribution in [3.63, 3.8) is 0 Å². The van der Waals surface area contributed by atoms with E-state index in [1.807, 2.05) is 0 Å². The summed E-state index contributed by atoms with van der Waals surface area (Å²) in [5.41, 5.74) is 0. The van der Waals surface area contributed by atoms with Crippen molar-refractivity contribution in [2.75, 3.05) is 5.75 Å². The van der Waals surface area contributed by atoms with Crippen LogP contribution in [-0.4, -0.2) is 61.1 Å². The standard InChI is InChI=1S/C19H28F8O7S/c1-17(20,21)16(19(25,26)27)34-15(29)11-9-7-5-3-2-4-6-8-10-14(28)33-13(18(22,23)24)12-35(30,31)32/h13,16H,2-12H2,1H3,(H,30,31,32). The third-order valence-electron chi connectivity index (χ3n) is 4.52. The van der Waals surface area contributed by atoms with Gasteiger partial charge in [0, 0.05) is 19.8 Å². The molecule has 0 aromatic rings. The summed E-state index contributed by atoms with van der Waals surface area (Å²) in [5, 5.41) is 0. The summed E-state index contributed by atoms with van der Waals surface area (Å²) in [6.07, 6.45) is -14.3. The highest BCUT2D eigenvalue weighted by Gasteiger charge is 2.56. The smallest absolute Gasteiger partial charge is 0.431 e. The number of carbonyl (C=O) groups is 2. The maximum Gasteiger partial charge on any atom is 0.431 e. The molecule has 0 aliphatic carbocycles. The minimum Gasteiger partial charge on any atom is -0.451 e. The lowest BCUT2D eigenvalue weighted by molar-refractivity contribution is -0.273. The molecule has 0 aliphatic heterocycles. The van der Waals surface area contributed by atoms with Crippen molar-refractivity contribution < 1.29 is 67.2 Å². The highest BCUT2D eigenvalue weighted by molar-refractivity contribution is 7.85. The summed E-state index contributed by atoms with van der Waals surface area (Å²) in [7, 11) is -5.01. The largest absolute Gasteiger partial charge is 0.451 e. The van der Waals surface area contributed by atoms with Crippen LogP contribution in [0, 0.1) is 0 Å². The minimum absolute atomic E-state index is 0.00452. The summed E-state index contributed by atoms with van der Waals surface area (Å²) in [6, 6.07) is 0. The van der Waals surface area contributed by atoms with E-state index in [0.29, 0.717) is 38.5 Å². The molecule has 0 saturated heterocycles. The van der Waals surface area contributed by atoms with Gasteiger partial charge < -0.3 is 9.47 Å². The lowest BCUT2D eigenvalue weighted by atomic mass is 10.1. The van der Waals surface area contributed by atoms with Crippen LogP contribution >= 0.6 is 0 Å². The number of ether oxygens (including phenoxy) is 2. The summed E-state index contributed by atoms with van der Waals surface area (Å²) in [6.45, 7) is 0.00452. The molecule has 0 saturated carbocycles. The first-order valence-electron chi connectivity index (χ1n) is 10.6. The Bertz CT molecular complexity index is 747. The van der Waals surface area contributed by atoms with E-state index in [1.165, 1.54) is 0 Å². The third kappa shape index (κ3) is 16.6. The molecule has 0 bridgehead atoms. The molecule has 7 nitrogen and oxygen atoms in total. The van der Waals surface area contributed by atoms with E-state index in [0.717, 1.165) is 0 Å².